The number of ether oxygens (including phenoxy) is 2. The van der Waals surface area contributed by atoms with E-state index in [1.165, 1.54) is 0 Å². The molecule has 0 unspecified atom stereocenters. The molecule has 1 saturated carbocycles. The first-order valence-electron chi connectivity index (χ1n) is 12.2. The molecule has 1 aliphatic heterocycles. The lowest BCUT2D eigenvalue weighted by molar-refractivity contribution is -0.138. The molecule has 1 heterocycles. The monoisotopic (exact) mass is 459 g/mol. The maximum absolute atomic E-state index is 13.5. The molecule has 2 N–H and O–H groups in total. The summed E-state index contributed by atoms with van der Waals surface area (Å²) >= 11 is 0. The molecule has 2 fully saturated rings. The third kappa shape index (κ3) is 7.44. The van der Waals surface area contributed by atoms with Crippen LogP contribution in [0.15, 0.2) is 18.2 Å². The van der Waals surface area contributed by atoms with Crippen molar-refractivity contribution in [2.24, 2.45) is 11.3 Å². The highest BCUT2D eigenvalue weighted by molar-refractivity contribution is 5.82. The molecular formula is C26H41N3O4. The first kappa shape index (κ1) is 25.5. The molecule has 33 heavy (non-hydrogen) atoms. The van der Waals surface area contributed by atoms with Gasteiger partial charge in [-0.15, -0.1) is 0 Å². The van der Waals surface area contributed by atoms with E-state index in [-0.39, 0.29) is 23.8 Å². The number of rotatable bonds is 10. The van der Waals surface area contributed by atoms with Crippen LogP contribution in [0.25, 0.3) is 0 Å². The lowest BCUT2D eigenvalue weighted by atomic mass is 9.91. The number of piperidine rings is 1. The van der Waals surface area contributed by atoms with Crippen LogP contribution in [-0.2, 0) is 20.9 Å². The number of methoxy groups -OCH3 is 1. The SMILES string of the molecule is COCCCOc1cc(CN(C(=O)[C@@H]2CNC[C@H](NC(=O)C(C)(C)C)C2)C2CC2)ccc1C. The Balaban J connectivity index is 1.63. The van der Waals surface area contributed by atoms with Gasteiger partial charge in [-0.25, -0.2) is 0 Å². The van der Waals surface area contributed by atoms with Crippen molar-refractivity contribution in [1.82, 2.24) is 15.5 Å². The standard InChI is InChI=1S/C26H41N3O4/c1-18-7-8-19(13-23(18)33-12-6-11-32-5)17-29(22-9-10-22)24(30)20-14-21(16-27-15-20)28-25(31)26(2,3)4/h7-8,13,20-22,27H,6,9-12,14-17H2,1-5H3,(H,28,31)/t20-,21+/m0/s1. The minimum Gasteiger partial charge on any atom is -0.493 e. The summed E-state index contributed by atoms with van der Waals surface area (Å²) in [5.74, 6) is 0.956. The molecule has 1 aliphatic carbocycles. The van der Waals surface area contributed by atoms with Gasteiger partial charge in [-0.1, -0.05) is 32.9 Å². The van der Waals surface area contributed by atoms with Gasteiger partial charge in [0.05, 0.1) is 12.5 Å². The van der Waals surface area contributed by atoms with Crippen LogP contribution >= 0.6 is 0 Å². The molecule has 1 aromatic carbocycles. The van der Waals surface area contributed by atoms with Crippen LogP contribution in [0, 0.1) is 18.3 Å². The summed E-state index contributed by atoms with van der Waals surface area (Å²) in [6.07, 6.45) is 3.64. The van der Waals surface area contributed by atoms with Gasteiger partial charge in [0.1, 0.15) is 5.75 Å². The van der Waals surface area contributed by atoms with Gasteiger partial charge in [0, 0.05) is 57.3 Å². The molecule has 3 rings (SSSR count). The average molecular weight is 460 g/mol. The van der Waals surface area contributed by atoms with Gasteiger partial charge in [0.2, 0.25) is 11.8 Å². The van der Waals surface area contributed by atoms with E-state index in [9.17, 15) is 9.59 Å². The number of hydrogen-bond donors (Lipinski definition) is 2. The highest BCUT2D eigenvalue weighted by Gasteiger charge is 2.38. The van der Waals surface area contributed by atoms with Gasteiger partial charge in [-0.2, -0.15) is 0 Å². The number of aryl methyl sites for hydroxylation is 1. The molecule has 7 nitrogen and oxygen atoms in total. The lowest BCUT2D eigenvalue weighted by Gasteiger charge is -2.35. The Kier molecular flexibility index (Phi) is 8.76. The summed E-state index contributed by atoms with van der Waals surface area (Å²) in [4.78, 5) is 28.0. The Morgan fingerprint density at radius 1 is 1.18 bits per heavy atom. The largest absolute Gasteiger partial charge is 0.493 e. The van der Waals surface area contributed by atoms with Gasteiger partial charge in [0.25, 0.3) is 0 Å². The van der Waals surface area contributed by atoms with Crippen LogP contribution in [0.3, 0.4) is 0 Å². The molecule has 1 aromatic rings. The average Bonchev–Trinajstić information content (AvgIpc) is 3.61. The summed E-state index contributed by atoms with van der Waals surface area (Å²) in [7, 11) is 1.69. The predicted octanol–water partition coefficient (Wildman–Crippen LogP) is 3.04. The zero-order valence-corrected chi connectivity index (χ0v) is 20.9. The maximum Gasteiger partial charge on any atom is 0.227 e. The third-order valence-electron chi connectivity index (χ3n) is 6.34. The van der Waals surface area contributed by atoms with Crippen LogP contribution in [0.2, 0.25) is 0 Å². The zero-order valence-electron chi connectivity index (χ0n) is 20.9. The quantitative estimate of drug-likeness (QED) is 0.526. The number of benzene rings is 1. The van der Waals surface area contributed by atoms with Crippen molar-refractivity contribution >= 4 is 11.8 Å². The highest BCUT2D eigenvalue weighted by Crippen LogP contribution is 2.32. The Morgan fingerprint density at radius 3 is 2.61 bits per heavy atom. The molecule has 2 atom stereocenters. The van der Waals surface area contributed by atoms with Crippen molar-refractivity contribution in [2.45, 2.75) is 72.0 Å². The molecule has 184 valence electrons. The molecule has 0 spiro atoms. The Hall–Kier alpha value is -2.12. The highest BCUT2D eigenvalue weighted by atomic mass is 16.5. The van der Waals surface area contributed by atoms with Crippen molar-refractivity contribution < 1.29 is 19.1 Å². The molecule has 0 radical (unpaired) electrons. The van der Waals surface area contributed by atoms with Crippen molar-refractivity contribution in [1.29, 1.82) is 0 Å². The van der Waals surface area contributed by atoms with E-state index in [0.29, 0.717) is 45.3 Å². The number of carbonyl (C=O) groups is 2. The van der Waals surface area contributed by atoms with E-state index in [1.54, 1.807) is 7.11 Å². The van der Waals surface area contributed by atoms with E-state index >= 15 is 0 Å². The van der Waals surface area contributed by atoms with Crippen LogP contribution < -0.4 is 15.4 Å². The second kappa shape index (κ2) is 11.3. The predicted molar refractivity (Wildman–Crippen MR) is 129 cm³/mol. The molecular weight excluding hydrogens is 418 g/mol. The van der Waals surface area contributed by atoms with E-state index in [0.717, 1.165) is 36.1 Å². The summed E-state index contributed by atoms with van der Waals surface area (Å²) in [5.41, 5.74) is 1.74. The van der Waals surface area contributed by atoms with Crippen LogP contribution in [0.1, 0.15) is 57.6 Å². The minimum absolute atomic E-state index is 0.0213. The van der Waals surface area contributed by atoms with E-state index in [4.69, 9.17) is 9.47 Å². The van der Waals surface area contributed by atoms with E-state index in [2.05, 4.69) is 28.8 Å². The van der Waals surface area contributed by atoms with Gasteiger partial charge in [0.15, 0.2) is 0 Å². The summed E-state index contributed by atoms with van der Waals surface area (Å²) in [6, 6.07) is 6.51. The van der Waals surface area contributed by atoms with Gasteiger partial charge < -0.3 is 25.0 Å². The summed E-state index contributed by atoms with van der Waals surface area (Å²) in [6.45, 7) is 11.0. The number of nitrogens with one attached hydrogen (secondary N) is 2. The number of carbonyl (C=O) groups excluding carboxylic acids is 2. The van der Waals surface area contributed by atoms with Crippen LogP contribution in [-0.4, -0.2) is 62.2 Å². The van der Waals surface area contributed by atoms with Gasteiger partial charge in [-0.3, -0.25) is 9.59 Å². The smallest absolute Gasteiger partial charge is 0.227 e. The fraction of sp³-hybridized carbons (Fsp3) is 0.692. The molecule has 2 amide bonds. The Bertz CT molecular complexity index is 816. The first-order valence-corrected chi connectivity index (χ1v) is 12.2. The van der Waals surface area contributed by atoms with Crippen LogP contribution in [0.5, 0.6) is 5.75 Å². The number of hydrogen-bond acceptors (Lipinski definition) is 5. The summed E-state index contributed by atoms with van der Waals surface area (Å²) in [5, 5.41) is 6.48. The molecule has 0 bridgehead atoms. The lowest BCUT2D eigenvalue weighted by Crippen LogP contribution is -2.54. The zero-order chi connectivity index (χ0) is 24.0. The number of amides is 2. The second-order valence-electron chi connectivity index (χ2n) is 10.5. The van der Waals surface area contributed by atoms with Crippen molar-refractivity contribution in [2.75, 3.05) is 33.4 Å². The maximum atomic E-state index is 13.5. The molecule has 7 heteroatoms. The van der Waals surface area contributed by atoms with Crippen molar-refractivity contribution in [3.05, 3.63) is 29.3 Å². The molecule has 2 aliphatic rings. The van der Waals surface area contributed by atoms with Crippen molar-refractivity contribution in [3.63, 3.8) is 0 Å². The Labute approximate surface area is 198 Å². The third-order valence-corrected chi connectivity index (χ3v) is 6.34. The first-order chi connectivity index (χ1) is 15.7. The summed E-state index contributed by atoms with van der Waals surface area (Å²) < 4.78 is 11.1. The van der Waals surface area contributed by atoms with Crippen LogP contribution in [0.4, 0.5) is 0 Å². The number of nitrogens with zero attached hydrogens (tertiary/aromatic N) is 1. The fourth-order valence-corrected chi connectivity index (χ4v) is 4.13. The van der Waals surface area contributed by atoms with Gasteiger partial charge in [-0.05, 0) is 43.4 Å². The molecule has 0 aromatic heterocycles. The van der Waals surface area contributed by atoms with Gasteiger partial charge >= 0.3 is 0 Å². The van der Waals surface area contributed by atoms with E-state index < -0.39 is 5.41 Å². The Morgan fingerprint density at radius 2 is 1.94 bits per heavy atom. The molecule has 1 saturated heterocycles. The van der Waals surface area contributed by atoms with Crippen molar-refractivity contribution in [3.8, 4) is 5.75 Å². The normalized spacial score (nSPS) is 20.9. The fourth-order valence-electron chi connectivity index (χ4n) is 4.13. The van der Waals surface area contributed by atoms with E-state index in [1.807, 2.05) is 32.6 Å². The topological polar surface area (TPSA) is 79.9 Å². The minimum atomic E-state index is -0.439. The second-order valence-corrected chi connectivity index (χ2v) is 10.5.